The van der Waals surface area contributed by atoms with Gasteiger partial charge in [0.2, 0.25) is 11.7 Å². The number of carbonyl (C=O) groups is 2. The third-order valence-corrected chi connectivity index (χ3v) is 5.98. The lowest BCUT2D eigenvalue weighted by atomic mass is 9.95. The fraction of sp³-hybridized carbons (Fsp3) is 0.333. The van der Waals surface area contributed by atoms with E-state index in [2.05, 4.69) is 15.5 Å². The number of carbonyl (C=O) groups excluding carboxylic acids is 2. The number of benzene rings is 1. The molecule has 2 heterocycles. The molecule has 0 atom stereocenters. The Morgan fingerprint density at radius 3 is 2.72 bits per heavy atom. The van der Waals surface area contributed by atoms with Gasteiger partial charge in [-0.25, -0.2) is 4.79 Å². The van der Waals surface area contributed by atoms with Gasteiger partial charge in [0, 0.05) is 17.4 Å². The van der Waals surface area contributed by atoms with Gasteiger partial charge in [0.15, 0.2) is 6.61 Å². The van der Waals surface area contributed by atoms with E-state index in [4.69, 9.17) is 9.26 Å². The molecule has 0 saturated carbocycles. The molecule has 0 radical (unpaired) electrons. The van der Waals surface area contributed by atoms with Crippen LogP contribution in [-0.2, 0) is 29.0 Å². The zero-order valence-corrected chi connectivity index (χ0v) is 17.1. The molecule has 1 aliphatic carbocycles. The van der Waals surface area contributed by atoms with Crippen LogP contribution in [0, 0.1) is 6.92 Å². The lowest BCUT2D eigenvalue weighted by molar-refractivity contribution is -0.114. The van der Waals surface area contributed by atoms with E-state index in [0.717, 1.165) is 47.3 Å². The van der Waals surface area contributed by atoms with Gasteiger partial charge in [-0.05, 0) is 38.2 Å². The van der Waals surface area contributed by atoms with Crippen molar-refractivity contribution in [1.82, 2.24) is 10.1 Å². The third kappa shape index (κ3) is 4.22. The van der Waals surface area contributed by atoms with Crippen molar-refractivity contribution < 1.29 is 18.8 Å². The maximum atomic E-state index is 12.8. The minimum atomic E-state index is -0.483. The number of nitrogens with one attached hydrogen (secondary N) is 1. The average molecular weight is 411 g/mol. The standard InChI is InChI=1S/C21H21N3O4S/c1-12-7-9-14(10-8-12)19-23-17(28-24-19)11-27-21(26)18-15-5-3-4-6-16(15)29-20(18)22-13(2)25/h7-10H,3-6,11H2,1-2H3,(H,22,25). The molecule has 0 spiro atoms. The fourth-order valence-corrected chi connectivity index (χ4v) is 4.69. The highest BCUT2D eigenvalue weighted by Crippen LogP contribution is 2.38. The van der Waals surface area contributed by atoms with Crippen molar-refractivity contribution in [2.45, 2.75) is 46.1 Å². The summed E-state index contributed by atoms with van der Waals surface area (Å²) in [5.74, 6) is -0.0254. The second-order valence-corrected chi connectivity index (χ2v) is 8.16. The number of esters is 1. The number of anilines is 1. The number of aromatic nitrogens is 2. The Labute approximate surface area is 172 Å². The minimum Gasteiger partial charge on any atom is -0.452 e. The Bertz CT molecular complexity index is 1050. The van der Waals surface area contributed by atoms with Gasteiger partial charge in [0.05, 0.1) is 5.56 Å². The van der Waals surface area contributed by atoms with Gasteiger partial charge in [-0.2, -0.15) is 4.98 Å². The first-order chi connectivity index (χ1) is 14.0. The minimum absolute atomic E-state index is 0.123. The second kappa shape index (κ2) is 8.16. The third-order valence-electron chi connectivity index (χ3n) is 4.77. The molecule has 1 N–H and O–H groups in total. The molecule has 3 aromatic rings. The van der Waals surface area contributed by atoms with Crippen LogP contribution in [0.4, 0.5) is 5.00 Å². The van der Waals surface area contributed by atoms with E-state index in [-0.39, 0.29) is 18.4 Å². The van der Waals surface area contributed by atoms with Gasteiger partial charge in [0.1, 0.15) is 5.00 Å². The van der Waals surface area contributed by atoms with Gasteiger partial charge < -0.3 is 14.6 Å². The Morgan fingerprint density at radius 2 is 1.97 bits per heavy atom. The van der Waals surface area contributed by atoms with Crippen molar-refractivity contribution in [2.75, 3.05) is 5.32 Å². The Hall–Kier alpha value is -3.00. The predicted molar refractivity (Wildman–Crippen MR) is 109 cm³/mol. The SMILES string of the molecule is CC(=O)Nc1sc2c(c1C(=O)OCc1nc(-c3ccc(C)cc3)no1)CCCC2. The number of hydrogen-bond acceptors (Lipinski definition) is 7. The molecule has 0 bridgehead atoms. The number of amides is 1. The van der Waals surface area contributed by atoms with Crippen LogP contribution < -0.4 is 5.32 Å². The summed E-state index contributed by atoms with van der Waals surface area (Å²) >= 11 is 1.46. The number of nitrogens with zero attached hydrogens (tertiary/aromatic N) is 2. The highest BCUT2D eigenvalue weighted by molar-refractivity contribution is 7.17. The molecule has 150 valence electrons. The summed E-state index contributed by atoms with van der Waals surface area (Å²) in [6.07, 6.45) is 3.84. The normalized spacial score (nSPS) is 13.0. The second-order valence-electron chi connectivity index (χ2n) is 7.05. The van der Waals surface area contributed by atoms with Crippen molar-refractivity contribution in [3.63, 3.8) is 0 Å². The van der Waals surface area contributed by atoms with Crippen LogP contribution in [0.25, 0.3) is 11.4 Å². The Balaban J connectivity index is 1.50. The Morgan fingerprint density at radius 1 is 1.21 bits per heavy atom. The summed E-state index contributed by atoms with van der Waals surface area (Å²) in [5, 5.41) is 7.27. The van der Waals surface area contributed by atoms with Crippen LogP contribution in [0.15, 0.2) is 28.8 Å². The average Bonchev–Trinajstić information content (AvgIpc) is 3.30. The molecule has 1 aliphatic rings. The van der Waals surface area contributed by atoms with Gasteiger partial charge in [-0.3, -0.25) is 4.79 Å². The molecule has 4 rings (SSSR count). The molecule has 0 saturated heterocycles. The van der Waals surface area contributed by atoms with Crippen molar-refractivity contribution in [2.24, 2.45) is 0 Å². The largest absolute Gasteiger partial charge is 0.452 e. The molecule has 0 unspecified atom stereocenters. The van der Waals surface area contributed by atoms with Crippen molar-refractivity contribution in [3.8, 4) is 11.4 Å². The van der Waals surface area contributed by atoms with Crippen LogP contribution >= 0.6 is 11.3 Å². The van der Waals surface area contributed by atoms with Crippen LogP contribution in [0.2, 0.25) is 0 Å². The number of thiophene rings is 1. The highest BCUT2D eigenvalue weighted by Gasteiger charge is 2.27. The molecule has 1 aromatic carbocycles. The Kier molecular flexibility index (Phi) is 5.44. The number of fused-ring (bicyclic) bond motifs is 1. The fourth-order valence-electron chi connectivity index (χ4n) is 3.36. The first kappa shape index (κ1) is 19.3. The van der Waals surface area contributed by atoms with E-state index in [9.17, 15) is 9.59 Å². The first-order valence-corrected chi connectivity index (χ1v) is 10.3. The highest BCUT2D eigenvalue weighted by atomic mass is 32.1. The molecule has 0 fully saturated rings. The maximum absolute atomic E-state index is 12.8. The lowest BCUT2D eigenvalue weighted by Crippen LogP contribution is -2.13. The van der Waals surface area contributed by atoms with Crippen LogP contribution in [-0.4, -0.2) is 22.0 Å². The van der Waals surface area contributed by atoms with Crippen molar-refractivity contribution in [1.29, 1.82) is 0 Å². The van der Waals surface area contributed by atoms with Gasteiger partial charge in [-0.15, -0.1) is 11.3 Å². The van der Waals surface area contributed by atoms with E-state index in [1.165, 1.54) is 18.3 Å². The van der Waals surface area contributed by atoms with E-state index >= 15 is 0 Å². The van der Waals surface area contributed by atoms with E-state index in [1.54, 1.807) is 0 Å². The van der Waals surface area contributed by atoms with Gasteiger partial charge in [0.25, 0.3) is 5.89 Å². The maximum Gasteiger partial charge on any atom is 0.341 e. The molecule has 7 nitrogen and oxygen atoms in total. The molecule has 1 amide bonds. The quantitative estimate of drug-likeness (QED) is 0.629. The summed E-state index contributed by atoms with van der Waals surface area (Å²) in [5.41, 5.74) is 3.41. The summed E-state index contributed by atoms with van der Waals surface area (Å²) in [6.45, 7) is 3.31. The molecular weight excluding hydrogens is 390 g/mol. The van der Waals surface area contributed by atoms with Crippen molar-refractivity contribution >= 4 is 28.2 Å². The molecule has 29 heavy (non-hydrogen) atoms. The lowest BCUT2D eigenvalue weighted by Gasteiger charge is -2.12. The molecule has 0 aliphatic heterocycles. The van der Waals surface area contributed by atoms with Crippen LogP contribution in [0.3, 0.4) is 0 Å². The monoisotopic (exact) mass is 411 g/mol. The smallest absolute Gasteiger partial charge is 0.341 e. The molecule has 8 heteroatoms. The predicted octanol–water partition coefficient (Wildman–Crippen LogP) is 4.30. The topological polar surface area (TPSA) is 94.3 Å². The van der Waals surface area contributed by atoms with Crippen LogP contribution in [0.5, 0.6) is 0 Å². The van der Waals surface area contributed by atoms with Crippen molar-refractivity contribution in [3.05, 3.63) is 51.7 Å². The number of ether oxygens (including phenoxy) is 1. The summed E-state index contributed by atoms with van der Waals surface area (Å²) in [4.78, 5) is 29.8. The number of hydrogen-bond donors (Lipinski definition) is 1. The summed E-state index contributed by atoms with van der Waals surface area (Å²) in [7, 11) is 0. The molecular formula is C21H21N3O4S. The van der Waals surface area contributed by atoms with E-state index in [1.807, 2.05) is 31.2 Å². The number of rotatable bonds is 5. The van der Waals surface area contributed by atoms with Gasteiger partial charge >= 0.3 is 5.97 Å². The zero-order chi connectivity index (χ0) is 20.4. The van der Waals surface area contributed by atoms with E-state index < -0.39 is 5.97 Å². The summed E-state index contributed by atoms with van der Waals surface area (Å²) < 4.78 is 10.7. The number of aryl methyl sites for hydroxylation is 2. The zero-order valence-electron chi connectivity index (χ0n) is 16.3. The summed E-state index contributed by atoms with van der Waals surface area (Å²) in [6, 6.07) is 7.75. The first-order valence-electron chi connectivity index (χ1n) is 9.50. The van der Waals surface area contributed by atoms with E-state index in [0.29, 0.717) is 16.4 Å². The van der Waals surface area contributed by atoms with Gasteiger partial charge in [-0.1, -0.05) is 35.0 Å². The van der Waals surface area contributed by atoms with Crippen LogP contribution in [0.1, 0.15) is 52.0 Å². The molecule has 2 aromatic heterocycles.